The van der Waals surface area contributed by atoms with Gasteiger partial charge in [-0.2, -0.15) is 0 Å². The minimum Gasteiger partial charge on any atom is -0.391 e. The molecule has 1 aromatic rings. The van der Waals surface area contributed by atoms with E-state index < -0.39 is 21.8 Å². The lowest BCUT2D eigenvalue weighted by Gasteiger charge is -2.13. The number of rotatable bonds is 7. The lowest BCUT2D eigenvalue weighted by Crippen LogP contribution is -2.34. The van der Waals surface area contributed by atoms with Crippen LogP contribution in [0.15, 0.2) is 29.2 Å². The summed E-state index contributed by atoms with van der Waals surface area (Å²) in [6.07, 6.45) is -0.978. The lowest BCUT2D eigenvalue weighted by atomic mass is 10.2. The third kappa shape index (κ3) is 5.67. The molecular formula is C13H20FNO3S. The van der Waals surface area contributed by atoms with Crippen LogP contribution in [0.1, 0.15) is 13.8 Å². The Bertz CT molecular complexity index is 485. The van der Waals surface area contributed by atoms with Crippen molar-refractivity contribution >= 4 is 9.84 Å². The zero-order valence-electron chi connectivity index (χ0n) is 11.1. The molecule has 2 N–H and O–H groups in total. The minimum atomic E-state index is -3.58. The van der Waals surface area contributed by atoms with Gasteiger partial charge >= 0.3 is 0 Å². The number of benzene rings is 1. The van der Waals surface area contributed by atoms with Gasteiger partial charge in [-0.15, -0.1) is 0 Å². The first-order valence-electron chi connectivity index (χ1n) is 6.18. The molecule has 1 unspecified atom stereocenters. The quantitative estimate of drug-likeness (QED) is 0.740. The van der Waals surface area contributed by atoms with Crippen LogP contribution in [-0.4, -0.2) is 38.5 Å². The average molecular weight is 289 g/mol. The Labute approximate surface area is 113 Å². The third-order valence-electron chi connectivity index (χ3n) is 2.52. The summed E-state index contributed by atoms with van der Waals surface area (Å²) in [5, 5.41) is 12.7. The molecule has 108 valence electrons. The minimum absolute atomic E-state index is 0.0248. The Morgan fingerprint density at radius 2 is 1.79 bits per heavy atom. The fourth-order valence-corrected chi connectivity index (χ4v) is 2.96. The number of hydrogen-bond donors (Lipinski definition) is 2. The molecule has 0 saturated carbocycles. The summed E-state index contributed by atoms with van der Waals surface area (Å²) < 4.78 is 36.6. The van der Waals surface area contributed by atoms with Crippen molar-refractivity contribution in [1.82, 2.24) is 5.32 Å². The summed E-state index contributed by atoms with van der Waals surface area (Å²) >= 11 is 0. The second-order valence-corrected chi connectivity index (χ2v) is 6.98. The van der Waals surface area contributed by atoms with Crippen LogP contribution in [0.3, 0.4) is 0 Å². The van der Waals surface area contributed by atoms with Gasteiger partial charge in [-0.3, -0.25) is 0 Å². The SMILES string of the molecule is CC(C)CNCC(O)CS(=O)(=O)c1ccc(F)cc1. The van der Waals surface area contributed by atoms with Gasteiger partial charge in [0.05, 0.1) is 16.8 Å². The molecule has 0 bridgehead atoms. The first-order valence-corrected chi connectivity index (χ1v) is 7.83. The Morgan fingerprint density at radius 3 is 2.32 bits per heavy atom. The maximum absolute atomic E-state index is 12.7. The van der Waals surface area contributed by atoms with Crippen LogP contribution in [0.2, 0.25) is 0 Å². The van der Waals surface area contributed by atoms with E-state index in [0.717, 1.165) is 12.1 Å². The molecule has 0 radical (unpaired) electrons. The third-order valence-corrected chi connectivity index (χ3v) is 4.33. The van der Waals surface area contributed by atoms with E-state index in [2.05, 4.69) is 5.32 Å². The van der Waals surface area contributed by atoms with Crippen molar-refractivity contribution in [2.45, 2.75) is 24.8 Å². The smallest absolute Gasteiger partial charge is 0.180 e. The van der Waals surface area contributed by atoms with E-state index in [1.807, 2.05) is 13.8 Å². The van der Waals surface area contributed by atoms with Crippen molar-refractivity contribution in [2.75, 3.05) is 18.8 Å². The van der Waals surface area contributed by atoms with Crippen molar-refractivity contribution in [3.8, 4) is 0 Å². The Kier molecular flexibility index (Phi) is 5.90. The van der Waals surface area contributed by atoms with Crippen LogP contribution in [0.4, 0.5) is 4.39 Å². The standard InChI is InChI=1S/C13H20FNO3S/c1-10(2)7-15-8-12(16)9-19(17,18)13-5-3-11(14)4-6-13/h3-6,10,12,15-16H,7-9H2,1-2H3. The highest BCUT2D eigenvalue weighted by Crippen LogP contribution is 2.12. The molecule has 0 aliphatic heterocycles. The van der Waals surface area contributed by atoms with Crippen molar-refractivity contribution < 1.29 is 17.9 Å². The van der Waals surface area contributed by atoms with Crippen LogP contribution in [0, 0.1) is 11.7 Å². The Balaban J connectivity index is 2.57. The predicted octanol–water partition coefficient (Wildman–Crippen LogP) is 1.21. The van der Waals surface area contributed by atoms with E-state index in [0.29, 0.717) is 12.5 Å². The Morgan fingerprint density at radius 1 is 1.21 bits per heavy atom. The van der Waals surface area contributed by atoms with Gasteiger partial charge in [-0.05, 0) is 36.7 Å². The van der Waals surface area contributed by atoms with E-state index in [1.54, 1.807) is 0 Å². The molecule has 0 aliphatic carbocycles. The summed E-state index contributed by atoms with van der Waals surface area (Å²) in [5.41, 5.74) is 0. The number of aliphatic hydroxyl groups excluding tert-OH is 1. The second kappa shape index (κ2) is 6.98. The van der Waals surface area contributed by atoms with Gasteiger partial charge in [0.25, 0.3) is 0 Å². The monoisotopic (exact) mass is 289 g/mol. The highest BCUT2D eigenvalue weighted by atomic mass is 32.2. The fraction of sp³-hybridized carbons (Fsp3) is 0.538. The van der Waals surface area contributed by atoms with Crippen LogP contribution in [0.5, 0.6) is 0 Å². The maximum Gasteiger partial charge on any atom is 0.180 e. The zero-order valence-corrected chi connectivity index (χ0v) is 12.0. The van der Waals surface area contributed by atoms with Gasteiger partial charge in [0, 0.05) is 6.54 Å². The number of nitrogens with one attached hydrogen (secondary N) is 1. The van der Waals surface area contributed by atoms with Crippen LogP contribution >= 0.6 is 0 Å². The van der Waals surface area contributed by atoms with Crippen LogP contribution < -0.4 is 5.32 Å². The van der Waals surface area contributed by atoms with Crippen LogP contribution in [-0.2, 0) is 9.84 Å². The second-order valence-electron chi connectivity index (χ2n) is 4.94. The summed E-state index contributed by atoms with van der Waals surface area (Å²) in [7, 11) is -3.58. The number of halogens is 1. The molecule has 1 atom stereocenters. The fourth-order valence-electron chi connectivity index (χ4n) is 1.59. The topological polar surface area (TPSA) is 66.4 Å². The van der Waals surface area contributed by atoms with Gasteiger partial charge in [0.15, 0.2) is 9.84 Å². The summed E-state index contributed by atoms with van der Waals surface area (Å²) in [4.78, 5) is 0.0248. The zero-order chi connectivity index (χ0) is 14.5. The van der Waals surface area contributed by atoms with E-state index in [-0.39, 0.29) is 17.2 Å². The molecule has 0 amide bonds. The molecule has 0 aromatic heterocycles. The van der Waals surface area contributed by atoms with Crippen LogP contribution in [0.25, 0.3) is 0 Å². The molecular weight excluding hydrogens is 269 g/mol. The predicted molar refractivity (Wildman–Crippen MR) is 72.2 cm³/mol. The van der Waals surface area contributed by atoms with Crippen molar-refractivity contribution in [3.05, 3.63) is 30.1 Å². The lowest BCUT2D eigenvalue weighted by molar-refractivity contribution is 0.192. The highest BCUT2D eigenvalue weighted by Gasteiger charge is 2.19. The van der Waals surface area contributed by atoms with E-state index in [9.17, 15) is 17.9 Å². The molecule has 19 heavy (non-hydrogen) atoms. The van der Waals surface area contributed by atoms with Gasteiger partial charge in [0.2, 0.25) is 0 Å². The Hall–Kier alpha value is -0.980. The van der Waals surface area contributed by atoms with Gasteiger partial charge in [-0.1, -0.05) is 13.8 Å². The molecule has 1 rings (SSSR count). The summed E-state index contributed by atoms with van der Waals surface area (Å²) in [5.74, 6) is -0.428. The first kappa shape index (κ1) is 16.1. The van der Waals surface area contributed by atoms with Gasteiger partial charge < -0.3 is 10.4 Å². The molecule has 4 nitrogen and oxygen atoms in total. The van der Waals surface area contributed by atoms with E-state index in [4.69, 9.17) is 0 Å². The molecule has 0 heterocycles. The molecule has 0 fully saturated rings. The van der Waals surface area contributed by atoms with Gasteiger partial charge in [-0.25, -0.2) is 12.8 Å². The first-order chi connectivity index (χ1) is 8.81. The highest BCUT2D eigenvalue weighted by molar-refractivity contribution is 7.91. The summed E-state index contributed by atoms with van der Waals surface area (Å²) in [6, 6.07) is 4.60. The molecule has 0 aliphatic rings. The number of aliphatic hydroxyl groups is 1. The maximum atomic E-state index is 12.7. The van der Waals surface area contributed by atoms with Crippen molar-refractivity contribution in [3.63, 3.8) is 0 Å². The largest absolute Gasteiger partial charge is 0.391 e. The van der Waals surface area contributed by atoms with Crippen molar-refractivity contribution in [2.24, 2.45) is 5.92 Å². The van der Waals surface area contributed by atoms with Crippen molar-refractivity contribution in [1.29, 1.82) is 0 Å². The molecule has 0 spiro atoms. The summed E-state index contributed by atoms with van der Waals surface area (Å²) in [6.45, 7) is 4.98. The molecule has 1 aromatic carbocycles. The molecule has 6 heteroatoms. The van der Waals surface area contributed by atoms with Gasteiger partial charge in [0.1, 0.15) is 5.82 Å². The number of hydrogen-bond acceptors (Lipinski definition) is 4. The van der Waals surface area contributed by atoms with E-state index in [1.165, 1.54) is 12.1 Å². The molecule has 0 saturated heterocycles. The van der Waals surface area contributed by atoms with E-state index >= 15 is 0 Å². The average Bonchev–Trinajstić information content (AvgIpc) is 2.28. The normalized spacial score (nSPS) is 13.7. The number of sulfone groups is 1.